The molecule has 1 N–H and O–H groups in total. The molecule has 0 spiro atoms. The van der Waals surface area contributed by atoms with Gasteiger partial charge in [0.1, 0.15) is 0 Å². The molecule has 0 aliphatic heterocycles. The molecular weight excluding hydrogens is 386 g/mol. The van der Waals surface area contributed by atoms with Crippen molar-refractivity contribution in [2.45, 2.75) is 31.8 Å². The van der Waals surface area contributed by atoms with E-state index in [1.165, 1.54) is 30.4 Å². The third kappa shape index (κ3) is 3.13. The van der Waals surface area contributed by atoms with Crippen molar-refractivity contribution in [1.82, 2.24) is 5.32 Å². The number of thiophene rings is 1. The lowest BCUT2D eigenvalue weighted by atomic mass is 9.94. The second-order valence-electron chi connectivity index (χ2n) is 4.87. The Labute approximate surface area is 134 Å². The van der Waals surface area contributed by atoms with Gasteiger partial charge in [0, 0.05) is 26.4 Å². The van der Waals surface area contributed by atoms with Crippen LogP contribution >= 0.6 is 43.2 Å². The number of fused-ring (bicyclic) bond motifs is 1. The highest BCUT2D eigenvalue weighted by atomic mass is 79.9. The molecule has 19 heavy (non-hydrogen) atoms. The van der Waals surface area contributed by atoms with Gasteiger partial charge in [0.15, 0.2) is 0 Å². The Hall–Kier alpha value is -0.160. The molecule has 4 heteroatoms. The van der Waals surface area contributed by atoms with E-state index < -0.39 is 0 Å². The molecule has 2 aromatic rings. The molecule has 1 heterocycles. The van der Waals surface area contributed by atoms with Gasteiger partial charge in [-0.2, -0.15) is 0 Å². The van der Waals surface area contributed by atoms with Gasteiger partial charge in [-0.3, -0.25) is 0 Å². The highest BCUT2D eigenvalue weighted by Crippen LogP contribution is 2.33. The van der Waals surface area contributed by atoms with Crippen molar-refractivity contribution in [2.24, 2.45) is 0 Å². The Morgan fingerprint density at radius 2 is 2.11 bits per heavy atom. The molecule has 0 bridgehead atoms. The summed E-state index contributed by atoms with van der Waals surface area (Å²) >= 11 is 8.97. The van der Waals surface area contributed by atoms with Gasteiger partial charge >= 0.3 is 0 Å². The first-order valence-corrected chi connectivity index (χ1v) is 8.94. The van der Waals surface area contributed by atoms with Crippen LogP contribution in [0.15, 0.2) is 38.6 Å². The molecule has 1 aromatic carbocycles. The molecule has 1 nitrogen and oxygen atoms in total. The Morgan fingerprint density at radius 3 is 2.95 bits per heavy atom. The van der Waals surface area contributed by atoms with Gasteiger partial charge in [-0.05, 0) is 85.8 Å². The van der Waals surface area contributed by atoms with Crippen molar-refractivity contribution in [1.29, 1.82) is 0 Å². The molecule has 1 unspecified atom stereocenters. The average Bonchev–Trinajstić information content (AvgIpc) is 2.89. The zero-order valence-corrected chi connectivity index (χ0v) is 14.4. The van der Waals surface area contributed by atoms with Crippen LogP contribution in [0, 0.1) is 0 Å². The van der Waals surface area contributed by atoms with Crippen LogP contribution in [-0.2, 0) is 13.0 Å². The minimum atomic E-state index is 0.525. The summed E-state index contributed by atoms with van der Waals surface area (Å²) in [5.74, 6) is 0. The molecule has 3 rings (SSSR count). The van der Waals surface area contributed by atoms with Gasteiger partial charge < -0.3 is 5.32 Å². The van der Waals surface area contributed by atoms with Crippen LogP contribution in [0.1, 0.15) is 34.9 Å². The third-order valence-corrected chi connectivity index (χ3v) is 6.46. The van der Waals surface area contributed by atoms with E-state index in [-0.39, 0.29) is 0 Å². The van der Waals surface area contributed by atoms with E-state index >= 15 is 0 Å². The van der Waals surface area contributed by atoms with Crippen molar-refractivity contribution in [3.8, 4) is 0 Å². The Balaban J connectivity index is 1.69. The maximum atomic E-state index is 3.70. The van der Waals surface area contributed by atoms with Crippen molar-refractivity contribution in [3.63, 3.8) is 0 Å². The Morgan fingerprint density at radius 1 is 1.21 bits per heavy atom. The highest BCUT2D eigenvalue weighted by molar-refractivity contribution is 9.13. The summed E-state index contributed by atoms with van der Waals surface area (Å²) in [6.07, 6.45) is 3.81. The predicted molar refractivity (Wildman–Crippen MR) is 88.7 cm³/mol. The minimum Gasteiger partial charge on any atom is -0.306 e. The first-order valence-electron chi connectivity index (χ1n) is 6.47. The summed E-state index contributed by atoms with van der Waals surface area (Å²) in [6, 6.07) is 9.25. The van der Waals surface area contributed by atoms with E-state index in [4.69, 9.17) is 0 Å². The van der Waals surface area contributed by atoms with Crippen molar-refractivity contribution in [3.05, 3.63) is 54.6 Å². The fourth-order valence-electron chi connectivity index (χ4n) is 2.59. The molecule has 100 valence electrons. The fourth-order valence-corrected chi connectivity index (χ4v) is 4.25. The Bertz CT molecular complexity index is 579. The SMILES string of the molecule is Brc1ccc(CNC2CCCc3sccc32)cc1Br. The number of hydrogen-bond acceptors (Lipinski definition) is 2. The first kappa shape index (κ1) is 13.8. The average molecular weight is 401 g/mol. The van der Waals surface area contributed by atoms with Gasteiger partial charge in [0.25, 0.3) is 0 Å². The molecule has 1 atom stereocenters. The predicted octanol–water partition coefficient (Wildman–Crippen LogP) is 5.44. The second kappa shape index (κ2) is 6.08. The number of nitrogens with one attached hydrogen (secondary N) is 1. The molecule has 0 amide bonds. The largest absolute Gasteiger partial charge is 0.306 e. The van der Waals surface area contributed by atoms with Crippen LogP contribution in [0.25, 0.3) is 0 Å². The molecule has 1 aliphatic rings. The summed E-state index contributed by atoms with van der Waals surface area (Å²) < 4.78 is 2.22. The summed E-state index contributed by atoms with van der Waals surface area (Å²) in [5, 5.41) is 5.92. The van der Waals surface area contributed by atoms with E-state index in [2.05, 4.69) is 66.8 Å². The van der Waals surface area contributed by atoms with E-state index in [1.807, 2.05) is 11.3 Å². The molecule has 0 saturated heterocycles. The Kier molecular flexibility index (Phi) is 4.42. The quantitative estimate of drug-likeness (QED) is 0.723. The minimum absolute atomic E-state index is 0.525. The van der Waals surface area contributed by atoms with E-state index in [0.717, 1.165) is 15.5 Å². The van der Waals surface area contributed by atoms with Gasteiger partial charge in [-0.25, -0.2) is 0 Å². The molecule has 0 fully saturated rings. The van der Waals surface area contributed by atoms with Gasteiger partial charge in [0.05, 0.1) is 0 Å². The lowest BCUT2D eigenvalue weighted by Crippen LogP contribution is -2.23. The van der Waals surface area contributed by atoms with Crippen LogP contribution < -0.4 is 5.32 Å². The maximum Gasteiger partial charge on any atom is 0.0334 e. The highest BCUT2D eigenvalue weighted by Gasteiger charge is 2.20. The van der Waals surface area contributed by atoms with Crippen LogP contribution in [0.4, 0.5) is 0 Å². The molecule has 1 aromatic heterocycles. The smallest absolute Gasteiger partial charge is 0.0334 e. The number of hydrogen-bond donors (Lipinski definition) is 1. The summed E-state index contributed by atoms with van der Waals surface area (Å²) in [7, 11) is 0. The summed E-state index contributed by atoms with van der Waals surface area (Å²) in [6.45, 7) is 0.922. The summed E-state index contributed by atoms with van der Waals surface area (Å²) in [4.78, 5) is 1.57. The fraction of sp³-hybridized carbons (Fsp3) is 0.333. The second-order valence-corrected chi connectivity index (χ2v) is 7.58. The van der Waals surface area contributed by atoms with E-state index in [0.29, 0.717) is 6.04 Å². The summed E-state index contributed by atoms with van der Waals surface area (Å²) in [5.41, 5.74) is 2.84. The zero-order valence-electron chi connectivity index (χ0n) is 10.5. The number of aryl methyl sites for hydroxylation is 1. The van der Waals surface area contributed by atoms with Gasteiger partial charge in [-0.15, -0.1) is 11.3 Å². The number of halogens is 2. The van der Waals surface area contributed by atoms with Crippen LogP contribution in [0.2, 0.25) is 0 Å². The lowest BCUT2D eigenvalue weighted by molar-refractivity contribution is 0.463. The van der Waals surface area contributed by atoms with E-state index in [1.54, 1.807) is 4.88 Å². The zero-order chi connectivity index (χ0) is 13.2. The standard InChI is InChI=1S/C15H15Br2NS/c16-12-5-4-10(8-13(12)17)9-18-14-2-1-3-15-11(14)6-7-19-15/h4-8,14,18H,1-3,9H2. The molecule has 0 radical (unpaired) electrons. The molecule has 0 saturated carbocycles. The monoisotopic (exact) mass is 399 g/mol. The van der Waals surface area contributed by atoms with Gasteiger partial charge in [0.2, 0.25) is 0 Å². The van der Waals surface area contributed by atoms with Gasteiger partial charge in [-0.1, -0.05) is 6.07 Å². The van der Waals surface area contributed by atoms with Crippen molar-refractivity contribution in [2.75, 3.05) is 0 Å². The number of benzene rings is 1. The van der Waals surface area contributed by atoms with Crippen molar-refractivity contribution < 1.29 is 0 Å². The maximum absolute atomic E-state index is 3.70. The normalized spacial score (nSPS) is 18.3. The third-order valence-electron chi connectivity index (χ3n) is 3.59. The topological polar surface area (TPSA) is 12.0 Å². The molecular formula is C15H15Br2NS. The van der Waals surface area contributed by atoms with Crippen LogP contribution in [0.3, 0.4) is 0 Å². The molecule has 1 aliphatic carbocycles. The first-order chi connectivity index (χ1) is 9.24. The van der Waals surface area contributed by atoms with Crippen LogP contribution in [-0.4, -0.2) is 0 Å². The van der Waals surface area contributed by atoms with Crippen LogP contribution in [0.5, 0.6) is 0 Å². The van der Waals surface area contributed by atoms with E-state index in [9.17, 15) is 0 Å². The number of rotatable bonds is 3. The lowest BCUT2D eigenvalue weighted by Gasteiger charge is -2.24. The van der Waals surface area contributed by atoms with Crippen molar-refractivity contribution >= 4 is 43.2 Å².